The third-order valence-corrected chi connectivity index (χ3v) is 5.06. The minimum atomic E-state index is -3.17. The zero-order chi connectivity index (χ0) is 23.1. The van der Waals surface area contributed by atoms with Gasteiger partial charge in [-0.15, -0.1) is 0 Å². The van der Waals surface area contributed by atoms with Crippen molar-refractivity contribution in [2.75, 3.05) is 6.26 Å². The van der Waals surface area contributed by atoms with Gasteiger partial charge in [0.25, 0.3) is 0 Å². The van der Waals surface area contributed by atoms with Crippen molar-refractivity contribution in [1.29, 1.82) is 0 Å². The highest BCUT2D eigenvalue weighted by Crippen LogP contribution is 2.40. The van der Waals surface area contributed by atoms with Crippen molar-refractivity contribution in [1.82, 2.24) is 0 Å². The van der Waals surface area contributed by atoms with E-state index in [1.165, 1.54) is 33.4 Å². The van der Waals surface area contributed by atoms with Crippen LogP contribution < -0.4 is 5.14 Å². The molecule has 4 nitrogen and oxygen atoms in total. The van der Waals surface area contributed by atoms with Crippen molar-refractivity contribution < 1.29 is 13.2 Å². The van der Waals surface area contributed by atoms with Gasteiger partial charge in [0, 0.05) is 0 Å². The van der Waals surface area contributed by atoms with E-state index in [0.717, 1.165) is 24.7 Å². The monoisotopic (exact) mass is 445 g/mol. The molecule has 0 aliphatic heterocycles. The lowest BCUT2D eigenvalue weighted by Crippen LogP contribution is -2.07. The Morgan fingerprint density at radius 3 is 2.06 bits per heavy atom. The number of aryl methyl sites for hydroxylation is 1. The number of primary sulfonamides is 1. The van der Waals surface area contributed by atoms with Gasteiger partial charge in [-0.25, -0.2) is 13.6 Å². The molecule has 0 heterocycles. The van der Waals surface area contributed by atoms with Crippen molar-refractivity contribution in [2.24, 2.45) is 5.14 Å². The van der Waals surface area contributed by atoms with Crippen LogP contribution in [0, 0.1) is 0 Å². The van der Waals surface area contributed by atoms with E-state index < -0.39 is 10.0 Å². The molecule has 0 unspecified atom stereocenters. The van der Waals surface area contributed by atoms with Crippen LogP contribution in [0.5, 0.6) is 0 Å². The van der Waals surface area contributed by atoms with Crippen molar-refractivity contribution in [3.8, 4) is 0 Å². The Morgan fingerprint density at radius 2 is 1.44 bits per heavy atom. The number of rotatable bonds is 4. The summed E-state index contributed by atoms with van der Waals surface area (Å²) in [6.45, 7) is 1.57. The molecule has 3 aromatic rings. The molecular formula is C27H27NO3S. The average Bonchev–Trinajstić information content (AvgIpc) is 2.77. The number of fused-ring (bicyclic) bond motifs is 1. The van der Waals surface area contributed by atoms with Gasteiger partial charge in [0.05, 0.1) is 6.26 Å². The Morgan fingerprint density at radius 1 is 0.844 bits per heavy atom. The molecule has 0 atom stereocenters. The van der Waals surface area contributed by atoms with Crippen molar-refractivity contribution in [3.63, 3.8) is 0 Å². The van der Waals surface area contributed by atoms with Gasteiger partial charge in [-0.3, -0.25) is 4.79 Å². The molecule has 0 bridgehead atoms. The fourth-order valence-corrected chi connectivity index (χ4v) is 3.76. The summed E-state index contributed by atoms with van der Waals surface area (Å²) < 4.78 is 18.8. The van der Waals surface area contributed by atoms with Gasteiger partial charge < -0.3 is 0 Å². The second-order valence-corrected chi connectivity index (χ2v) is 9.43. The third kappa shape index (κ3) is 6.61. The first kappa shape index (κ1) is 23.4. The summed E-state index contributed by atoms with van der Waals surface area (Å²) in [5.74, 6) is 0.0642. The predicted octanol–water partition coefficient (Wildman–Crippen LogP) is 5.10. The summed E-state index contributed by atoms with van der Waals surface area (Å²) in [6.07, 6.45) is 6.53. The predicted molar refractivity (Wildman–Crippen MR) is 132 cm³/mol. The number of carbonyl (C=O) groups excluding carboxylic acids is 1. The molecule has 0 fully saturated rings. The Balaban J connectivity index is 0.000000523. The molecule has 32 heavy (non-hydrogen) atoms. The van der Waals surface area contributed by atoms with E-state index in [1.54, 1.807) is 13.0 Å². The number of ketones is 1. The van der Waals surface area contributed by atoms with Gasteiger partial charge in [-0.2, -0.15) is 0 Å². The fraction of sp³-hybridized carbons (Fsp3) is 0.148. The molecule has 0 saturated carbocycles. The summed E-state index contributed by atoms with van der Waals surface area (Å²) in [7, 11) is -3.17. The van der Waals surface area contributed by atoms with Crippen LogP contribution in [0.15, 0.2) is 84.9 Å². The second-order valence-electron chi connectivity index (χ2n) is 7.77. The van der Waals surface area contributed by atoms with E-state index in [4.69, 9.17) is 0 Å². The van der Waals surface area contributed by atoms with Crippen LogP contribution in [0.1, 0.15) is 41.2 Å². The number of hydrogen-bond donors (Lipinski definition) is 1. The smallest absolute Gasteiger partial charge is 0.206 e. The number of hydrogen-bond acceptors (Lipinski definition) is 3. The van der Waals surface area contributed by atoms with Crippen LogP contribution in [0.4, 0.5) is 0 Å². The first-order chi connectivity index (χ1) is 15.2. The number of sulfonamides is 1. The first-order valence-electron chi connectivity index (χ1n) is 10.4. The summed E-state index contributed by atoms with van der Waals surface area (Å²) in [5, 5.41) is 4.33. The molecule has 0 radical (unpaired) electrons. The van der Waals surface area contributed by atoms with Gasteiger partial charge in [0.15, 0.2) is 5.78 Å². The van der Waals surface area contributed by atoms with E-state index in [1.807, 2.05) is 6.08 Å². The maximum atomic E-state index is 11.2. The minimum absolute atomic E-state index is 0.0642. The Kier molecular flexibility index (Phi) is 7.57. The summed E-state index contributed by atoms with van der Waals surface area (Å²) in [4.78, 5) is 11.2. The fourth-order valence-electron chi connectivity index (χ4n) is 3.76. The number of nitrogens with two attached hydrogens (primary N) is 1. The standard InChI is InChI=1S/C26H22O.CH5NO2S/c1-19(27)11-12-20-13-15-23(16-14-20)26-24-10-6-5-9-22(24)17-18-25(26)21-7-3-2-4-8-21;1-5(2,3)4/h2-16H,17-18H2,1H3;1H3,(H2,2,3,4)/b12-11+;. The molecule has 164 valence electrons. The highest BCUT2D eigenvalue weighted by molar-refractivity contribution is 7.88. The number of allylic oxidation sites excluding steroid dienone is 2. The summed E-state index contributed by atoms with van der Waals surface area (Å²) in [6, 6.07) is 27.9. The lowest BCUT2D eigenvalue weighted by molar-refractivity contribution is -0.112. The van der Waals surface area contributed by atoms with Gasteiger partial charge in [0.2, 0.25) is 10.0 Å². The maximum Gasteiger partial charge on any atom is 0.206 e. The third-order valence-electron chi connectivity index (χ3n) is 5.06. The van der Waals surface area contributed by atoms with E-state index in [9.17, 15) is 13.2 Å². The second kappa shape index (κ2) is 10.4. The summed E-state index contributed by atoms with van der Waals surface area (Å²) >= 11 is 0. The van der Waals surface area contributed by atoms with Crippen LogP contribution in [-0.4, -0.2) is 20.5 Å². The van der Waals surface area contributed by atoms with Gasteiger partial charge in [0.1, 0.15) is 0 Å². The normalized spacial score (nSPS) is 13.3. The molecular weight excluding hydrogens is 418 g/mol. The topological polar surface area (TPSA) is 77.2 Å². The zero-order valence-corrected chi connectivity index (χ0v) is 19.1. The van der Waals surface area contributed by atoms with Gasteiger partial charge >= 0.3 is 0 Å². The zero-order valence-electron chi connectivity index (χ0n) is 18.3. The molecule has 1 aliphatic carbocycles. The SMILES string of the molecule is CC(=O)/C=C/c1ccc(C2=C(c3ccccc3)CCc3ccccc32)cc1.CS(N)(=O)=O. The lowest BCUT2D eigenvalue weighted by Gasteiger charge is -2.24. The van der Waals surface area contributed by atoms with Crippen LogP contribution in [-0.2, 0) is 21.2 Å². The van der Waals surface area contributed by atoms with Crippen molar-refractivity contribution in [3.05, 3.63) is 113 Å². The minimum Gasteiger partial charge on any atom is -0.295 e. The van der Waals surface area contributed by atoms with Crippen LogP contribution in [0.25, 0.3) is 17.2 Å². The molecule has 0 aromatic heterocycles. The Labute approximate surface area is 190 Å². The van der Waals surface area contributed by atoms with Crippen LogP contribution in [0.3, 0.4) is 0 Å². The van der Waals surface area contributed by atoms with E-state index in [0.29, 0.717) is 0 Å². The van der Waals surface area contributed by atoms with Crippen molar-refractivity contribution in [2.45, 2.75) is 19.8 Å². The van der Waals surface area contributed by atoms with Gasteiger partial charge in [-0.05, 0) is 64.8 Å². The van der Waals surface area contributed by atoms with Crippen LogP contribution >= 0.6 is 0 Å². The largest absolute Gasteiger partial charge is 0.295 e. The van der Waals surface area contributed by atoms with E-state index in [-0.39, 0.29) is 5.78 Å². The molecule has 1 aliphatic rings. The number of benzene rings is 3. The van der Waals surface area contributed by atoms with Crippen LogP contribution in [0.2, 0.25) is 0 Å². The maximum absolute atomic E-state index is 11.2. The molecule has 0 amide bonds. The quantitative estimate of drug-likeness (QED) is 0.568. The highest BCUT2D eigenvalue weighted by Gasteiger charge is 2.20. The average molecular weight is 446 g/mol. The lowest BCUT2D eigenvalue weighted by atomic mass is 9.79. The van der Waals surface area contributed by atoms with E-state index in [2.05, 4.69) is 84.0 Å². The number of carbonyl (C=O) groups is 1. The highest BCUT2D eigenvalue weighted by atomic mass is 32.2. The molecule has 5 heteroatoms. The first-order valence-corrected chi connectivity index (χ1v) is 12.3. The summed E-state index contributed by atoms with van der Waals surface area (Å²) in [5.41, 5.74) is 9.03. The van der Waals surface area contributed by atoms with E-state index >= 15 is 0 Å². The molecule has 3 aromatic carbocycles. The molecule has 2 N–H and O–H groups in total. The molecule has 4 rings (SSSR count). The van der Waals surface area contributed by atoms with Crippen molar-refractivity contribution >= 4 is 33.0 Å². The van der Waals surface area contributed by atoms with Gasteiger partial charge in [-0.1, -0.05) is 84.9 Å². The Bertz CT molecular complexity index is 1250. The molecule has 0 spiro atoms. The molecule has 0 saturated heterocycles. The Hall–Kier alpha value is -3.28.